The third-order valence-corrected chi connectivity index (χ3v) is 7.32. The highest BCUT2D eigenvalue weighted by atomic mass is 16.5. The van der Waals surface area contributed by atoms with E-state index in [-0.39, 0.29) is 43.0 Å². The Morgan fingerprint density at radius 2 is 1.84 bits per heavy atom. The number of likely N-dealkylation sites (tertiary alicyclic amines) is 1. The molecule has 1 atom stereocenters. The van der Waals surface area contributed by atoms with Crippen molar-refractivity contribution in [3.8, 4) is 11.5 Å². The molecule has 13 nitrogen and oxygen atoms in total. The molecule has 5 rings (SSSR count). The Labute approximate surface area is 216 Å². The molecule has 3 saturated heterocycles. The molecule has 202 valence electrons. The van der Waals surface area contributed by atoms with Crippen LogP contribution in [-0.2, 0) is 32.2 Å². The number of aliphatic hydroxyl groups excluding tert-OH is 2. The van der Waals surface area contributed by atoms with Gasteiger partial charge in [0.15, 0.2) is 23.0 Å². The van der Waals surface area contributed by atoms with Gasteiger partial charge in [0.25, 0.3) is 11.8 Å². The van der Waals surface area contributed by atoms with Crippen molar-refractivity contribution in [2.75, 3.05) is 32.8 Å². The second kappa shape index (κ2) is 9.35. The third-order valence-electron chi connectivity index (χ3n) is 7.32. The number of amides is 3. The van der Waals surface area contributed by atoms with Crippen molar-refractivity contribution < 1.29 is 44.7 Å². The molecule has 4 heterocycles. The highest BCUT2D eigenvalue weighted by molar-refractivity contribution is 6.10. The first kappa shape index (κ1) is 25.6. The molecule has 3 fully saturated rings. The normalized spacial score (nSPS) is 27.3. The number of piperidine rings is 1. The molecule has 3 amide bonds. The van der Waals surface area contributed by atoms with Gasteiger partial charge >= 0.3 is 0 Å². The van der Waals surface area contributed by atoms with E-state index in [1.165, 1.54) is 0 Å². The number of phenols is 2. The lowest BCUT2D eigenvalue weighted by molar-refractivity contribution is -0.177. The summed E-state index contributed by atoms with van der Waals surface area (Å²) in [7, 11) is 0. The average Bonchev–Trinajstić information content (AvgIpc) is 3.46. The lowest BCUT2D eigenvalue weighted by atomic mass is 9.96. The number of imide groups is 1. The number of aromatic hydroxyl groups is 2. The van der Waals surface area contributed by atoms with Gasteiger partial charge in [-0.2, -0.15) is 0 Å². The summed E-state index contributed by atoms with van der Waals surface area (Å²) in [4.78, 5) is 40.6. The Bertz CT molecular complexity index is 1330. The first-order valence-electron chi connectivity index (χ1n) is 12.1. The van der Waals surface area contributed by atoms with Gasteiger partial charge in [0, 0.05) is 67.0 Å². The number of rotatable bonds is 4. The van der Waals surface area contributed by atoms with E-state index in [1.807, 2.05) is 10.2 Å². The summed E-state index contributed by atoms with van der Waals surface area (Å²) in [5, 5.41) is 58.3. The van der Waals surface area contributed by atoms with Gasteiger partial charge < -0.3 is 35.6 Å². The smallest absolute Gasteiger partial charge is 0.279 e. The molecule has 1 aromatic carbocycles. The molecule has 0 radical (unpaired) electrons. The maximum absolute atomic E-state index is 13.5. The topological polar surface area (TPSA) is 192 Å². The highest BCUT2D eigenvalue weighted by Crippen LogP contribution is 2.45. The van der Waals surface area contributed by atoms with Crippen LogP contribution in [0.3, 0.4) is 0 Å². The van der Waals surface area contributed by atoms with E-state index in [9.17, 15) is 39.9 Å². The van der Waals surface area contributed by atoms with E-state index in [0.29, 0.717) is 55.2 Å². The molecule has 0 bridgehead atoms. The van der Waals surface area contributed by atoms with Crippen LogP contribution < -0.4 is 10.6 Å². The van der Waals surface area contributed by atoms with Crippen LogP contribution in [0.4, 0.5) is 0 Å². The lowest BCUT2D eigenvalue weighted by Crippen LogP contribution is -2.63. The van der Waals surface area contributed by atoms with Crippen molar-refractivity contribution >= 4 is 23.4 Å². The van der Waals surface area contributed by atoms with Crippen molar-refractivity contribution in [1.29, 1.82) is 0 Å². The monoisotopic (exact) mass is 528 g/mol. The fourth-order valence-corrected chi connectivity index (χ4v) is 5.23. The molecular formula is C25H28N4O9. The highest BCUT2D eigenvalue weighted by Gasteiger charge is 2.53. The van der Waals surface area contributed by atoms with E-state index in [4.69, 9.17) is 4.74 Å². The molecular weight excluding hydrogens is 500 g/mol. The number of carbonyl (C=O) groups excluding carboxylic acids is 3. The SMILES string of the molecule is C=C(O)/C(O)=C1/C(=O)N(C2(O)CCC(=O)NC2=O)C/C1=C1\NCc2c1cc(CN1CCOCC1)c(O)c2O. The molecule has 1 unspecified atom stereocenters. The molecule has 38 heavy (non-hydrogen) atoms. The lowest BCUT2D eigenvalue weighted by Gasteiger charge is -2.37. The minimum Gasteiger partial charge on any atom is -0.505 e. The van der Waals surface area contributed by atoms with E-state index >= 15 is 0 Å². The fraction of sp³-hybridized carbons (Fsp3) is 0.400. The van der Waals surface area contributed by atoms with E-state index in [2.05, 4.69) is 11.9 Å². The number of carbonyl (C=O) groups is 3. The van der Waals surface area contributed by atoms with Crippen LogP contribution in [0, 0.1) is 0 Å². The first-order chi connectivity index (χ1) is 18.0. The number of hydrogen-bond donors (Lipinski definition) is 7. The molecule has 4 aliphatic heterocycles. The van der Waals surface area contributed by atoms with E-state index < -0.39 is 40.5 Å². The Balaban J connectivity index is 1.62. The van der Waals surface area contributed by atoms with E-state index in [1.54, 1.807) is 6.07 Å². The minimum atomic E-state index is -2.38. The maximum Gasteiger partial charge on any atom is 0.279 e. The summed E-state index contributed by atoms with van der Waals surface area (Å²) in [6.45, 7) is 5.65. The first-order valence-corrected chi connectivity index (χ1v) is 12.1. The van der Waals surface area contributed by atoms with Gasteiger partial charge in [-0.1, -0.05) is 6.58 Å². The van der Waals surface area contributed by atoms with Crippen LogP contribution in [0.15, 0.2) is 35.3 Å². The van der Waals surface area contributed by atoms with Gasteiger partial charge in [0.1, 0.15) is 0 Å². The summed E-state index contributed by atoms with van der Waals surface area (Å²) >= 11 is 0. The summed E-state index contributed by atoms with van der Waals surface area (Å²) in [6, 6.07) is 1.67. The molecule has 1 aromatic rings. The molecule has 0 spiro atoms. The number of ether oxygens (including phenoxy) is 1. The summed E-state index contributed by atoms with van der Waals surface area (Å²) < 4.78 is 5.36. The number of aliphatic hydroxyl groups is 3. The van der Waals surface area contributed by atoms with Gasteiger partial charge in [-0.15, -0.1) is 0 Å². The number of phenolic OH excluding ortho intramolecular Hbond substituents is 2. The predicted octanol–water partition coefficient (Wildman–Crippen LogP) is -0.404. The minimum absolute atomic E-state index is 0.0763. The molecule has 13 heteroatoms. The maximum atomic E-state index is 13.5. The van der Waals surface area contributed by atoms with Gasteiger partial charge in [-0.05, 0) is 6.07 Å². The fourth-order valence-electron chi connectivity index (χ4n) is 5.23. The van der Waals surface area contributed by atoms with Crippen LogP contribution in [0.1, 0.15) is 29.5 Å². The number of benzene rings is 1. The second-order valence-corrected chi connectivity index (χ2v) is 9.61. The number of fused-ring (bicyclic) bond motifs is 1. The quantitative estimate of drug-likeness (QED) is 0.116. The Morgan fingerprint density at radius 1 is 1.13 bits per heavy atom. The van der Waals surface area contributed by atoms with Gasteiger partial charge in [0.05, 0.1) is 25.3 Å². The van der Waals surface area contributed by atoms with Crippen molar-refractivity contribution in [1.82, 2.24) is 20.4 Å². The van der Waals surface area contributed by atoms with Gasteiger partial charge in [-0.3, -0.25) is 29.5 Å². The Morgan fingerprint density at radius 3 is 2.50 bits per heavy atom. The predicted molar refractivity (Wildman–Crippen MR) is 130 cm³/mol. The van der Waals surface area contributed by atoms with Crippen LogP contribution in [0.2, 0.25) is 0 Å². The number of nitrogens with zero attached hydrogens (tertiary/aromatic N) is 2. The number of nitrogens with one attached hydrogen (secondary N) is 2. The summed E-state index contributed by atoms with van der Waals surface area (Å²) in [5.41, 5.74) is -1.13. The molecule has 0 aromatic heterocycles. The zero-order valence-electron chi connectivity index (χ0n) is 20.4. The number of hydrogen-bond acceptors (Lipinski definition) is 11. The van der Waals surface area contributed by atoms with E-state index in [0.717, 1.165) is 4.90 Å². The number of morpholine rings is 1. The van der Waals surface area contributed by atoms with Crippen LogP contribution in [0.25, 0.3) is 5.70 Å². The molecule has 0 saturated carbocycles. The van der Waals surface area contributed by atoms with Crippen LogP contribution in [0.5, 0.6) is 11.5 Å². The standard InChI is InChI=1S/C25H28N4O9/c1-12(30)20(32)18-16(11-29(23(18)35)25(37)3-2-17(31)27-24(25)36)19-14-8-13(10-28-4-6-38-7-5-28)21(33)22(34)15(14)9-26-19/h8,26,30,32-34,37H,1-7,9-11H2,(H,27,31,36)/b19-16+,20-18-. The van der Waals surface area contributed by atoms with Gasteiger partial charge in [0.2, 0.25) is 11.6 Å². The molecule has 7 N–H and O–H groups in total. The van der Waals surface area contributed by atoms with Crippen LogP contribution in [-0.4, -0.2) is 91.6 Å². The molecule has 0 aliphatic carbocycles. The zero-order valence-corrected chi connectivity index (χ0v) is 20.4. The van der Waals surface area contributed by atoms with Crippen molar-refractivity contribution in [2.45, 2.75) is 31.7 Å². The average molecular weight is 529 g/mol. The van der Waals surface area contributed by atoms with Crippen molar-refractivity contribution in [3.05, 3.63) is 52.0 Å². The largest absolute Gasteiger partial charge is 0.505 e. The second-order valence-electron chi connectivity index (χ2n) is 9.61. The third kappa shape index (κ3) is 4.04. The van der Waals surface area contributed by atoms with Crippen molar-refractivity contribution in [3.63, 3.8) is 0 Å². The molecule has 4 aliphatic rings. The summed E-state index contributed by atoms with van der Waals surface area (Å²) in [6.07, 6.45) is -0.572. The summed E-state index contributed by atoms with van der Waals surface area (Å²) in [5.74, 6) is -4.88. The van der Waals surface area contributed by atoms with Crippen LogP contribution >= 0.6 is 0 Å². The zero-order chi connectivity index (χ0) is 27.4. The Hall–Kier alpha value is -4.07. The Kier molecular flexibility index (Phi) is 6.29. The van der Waals surface area contributed by atoms with Crippen molar-refractivity contribution in [2.24, 2.45) is 0 Å². The van der Waals surface area contributed by atoms with Gasteiger partial charge in [-0.25, -0.2) is 0 Å².